The molecule has 3 aliphatic rings. The predicted octanol–water partition coefficient (Wildman–Crippen LogP) is 5.86. The van der Waals surface area contributed by atoms with Gasteiger partial charge in [-0.1, -0.05) is 48.9 Å². The number of hydrogen-bond acceptors (Lipinski definition) is 1. The van der Waals surface area contributed by atoms with Crippen molar-refractivity contribution in [3.63, 3.8) is 0 Å². The van der Waals surface area contributed by atoms with Crippen LogP contribution >= 0.6 is 0 Å². The average molecular weight is 349 g/mol. The van der Waals surface area contributed by atoms with E-state index in [1.165, 1.54) is 57.2 Å². The Bertz CT molecular complexity index is 777. The van der Waals surface area contributed by atoms with E-state index < -0.39 is 0 Å². The van der Waals surface area contributed by atoms with Crippen LogP contribution in [0.5, 0.6) is 0 Å². The van der Waals surface area contributed by atoms with E-state index in [1.807, 2.05) is 18.2 Å². The Kier molecular flexibility index (Phi) is 4.32. The largest absolute Gasteiger partial charge is 0.300 e. The van der Waals surface area contributed by atoms with Crippen molar-refractivity contribution in [1.29, 1.82) is 0 Å². The van der Waals surface area contributed by atoms with Crippen molar-refractivity contribution in [2.24, 2.45) is 11.8 Å². The average Bonchev–Trinajstić information content (AvgIpc) is 3.32. The molecular weight excluding hydrogens is 321 g/mol. The zero-order valence-corrected chi connectivity index (χ0v) is 15.4. The van der Waals surface area contributed by atoms with Crippen LogP contribution in [0.25, 0.3) is 11.1 Å². The number of rotatable bonds is 3. The first kappa shape index (κ1) is 16.5. The van der Waals surface area contributed by atoms with Gasteiger partial charge in [0.1, 0.15) is 5.82 Å². The van der Waals surface area contributed by atoms with E-state index in [2.05, 4.69) is 23.1 Å². The van der Waals surface area contributed by atoms with Crippen molar-refractivity contribution in [1.82, 2.24) is 4.90 Å². The molecule has 2 heteroatoms. The molecule has 0 N–H and O–H groups in total. The standard InChI is InChI=1S/C24H28FN/c25-23-8-4-3-7-22(23)21-6-2-1-5-20(21)18-11-13-26(14-12-18)24-16-17-9-10-19(24)15-17/h1-8,17-19,24H,9-16H2/t17-,19+,24+/m0/s1. The minimum absolute atomic E-state index is 0.112. The fraction of sp³-hybridized carbons (Fsp3) is 0.500. The summed E-state index contributed by atoms with van der Waals surface area (Å²) in [7, 11) is 0. The maximum Gasteiger partial charge on any atom is 0.131 e. The molecule has 3 atom stereocenters. The lowest BCUT2D eigenvalue weighted by molar-refractivity contribution is 0.111. The van der Waals surface area contributed by atoms with Gasteiger partial charge in [0.05, 0.1) is 0 Å². The number of piperidine rings is 1. The molecule has 5 rings (SSSR count). The zero-order chi connectivity index (χ0) is 17.5. The van der Waals surface area contributed by atoms with Crippen molar-refractivity contribution in [2.75, 3.05) is 13.1 Å². The molecule has 0 spiro atoms. The first-order valence-corrected chi connectivity index (χ1v) is 10.4. The highest BCUT2D eigenvalue weighted by Crippen LogP contribution is 2.48. The van der Waals surface area contributed by atoms with E-state index in [-0.39, 0.29) is 5.82 Å². The molecule has 136 valence electrons. The van der Waals surface area contributed by atoms with Crippen LogP contribution < -0.4 is 0 Å². The van der Waals surface area contributed by atoms with Crippen LogP contribution in [0.2, 0.25) is 0 Å². The molecule has 0 aromatic heterocycles. The van der Waals surface area contributed by atoms with Gasteiger partial charge < -0.3 is 4.90 Å². The molecule has 2 bridgehead atoms. The van der Waals surface area contributed by atoms with Crippen molar-refractivity contribution in [3.8, 4) is 11.1 Å². The molecular formula is C24H28FN. The van der Waals surface area contributed by atoms with Gasteiger partial charge in [-0.25, -0.2) is 4.39 Å². The van der Waals surface area contributed by atoms with Crippen LogP contribution in [0.1, 0.15) is 50.0 Å². The molecule has 2 aromatic carbocycles. The summed E-state index contributed by atoms with van der Waals surface area (Å²) in [5.74, 6) is 2.44. The quantitative estimate of drug-likeness (QED) is 0.671. The summed E-state index contributed by atoms with van der Waals surface area (Å²) in [5.41, 5.74) is 3.17. The van der Waals surface area contributed by atoms with Crippen molar-refractivity contribution < 1.29 is 4.39 Å². The highest BCUT2D eigenvalue weighted by atomic mass is 19.1. The van der Waals surface area contributed by atoms with E-state index in [0.29, 0.717) is 5.92 Å². The number of benzene rings is 2. The summed E-state index contributed by atoms with van der Waals surface area (Å²) in [6.07, 6.45) is 8.29. The van der Waals surface area contributed by atoms with Crippen LogP contribution in [0.15, 0.2) is 48.5 Å². The van der Waals surface area contributed by atoms with Gasteiger partial charge in [0, 0.05) is 11.6 Å². The van der Waals surface area contributed by atoms with Crippen LogP contribution in [-0.4, -0.2) is 24.0 Å². The summed E-state index contributed by atoms with van der Waals surface area (Å²) in [4.78, 5) is 2.78. The van der Waals surface area contributed by atoms with Crippen LogP contribution in [-0.2, 0) is 0 Å². The third-order valence-electron chi connectivity index (χ3n) is 7.26. The summed E-state index contributed by atoms with van der Waals surface area (Å²) in [6.45, 7) is 2.42. The topological polar surface area (TPSA) is 3.24 Å². The fourth-order valence-corrected chi connectivity index (χ4v) is 5.98. The van der Waals surface area contributed by atoms with Gasteiger partial charge in [0.25, 0.3) is 0 Å². The Hall–Kier alpha value is -1.67. The van der Waals surface area contributed by atoms with Crippen molar-refractivity contribution in [2.45, 2.75) is 50.5 Å². The van der Waals surface area contributed by atoms with Crippen LogP contribution in [0, 0.1) is 17.7 Å². The second-order valence-electron chi connectivity index (χ2n) is 8.62. The molecule has 1 saturated heterocycles. The highest BCUT2D eigenvalue weighted by Gasteiger charge is 2.42. The van der Waals surface area contributed by atoms with Gasteiger partial charge >= 0.3 is 0 Å². The van der Waals surface area contributed by atoms with Gasteiger partial charge in [0.15, 0.2) is 0 Å². The molecule has 2 saturated carbocycles. The summed E-state index contributed by atoms with van der Waals surface area (Å²) in [5, 5.41) is 0. The molecule has 0 amide bonds. The molecule has 1 aliphatic heterocycles. The van der Waals surface area contributed by atoms with E-state index >= 15 is 0 Å². The number of hydrogen-bond donors (Lipinski definition) is 0. The lowest BCUT2D eigenvalue weighted by atomic mass is 9.83. The van der Waals surface area contributed by atoms with Gasteiger partial charge in [-0.05, 0) is 80.1 Å². The fourth-order valence-electron chi connectivity index (χ4n) is 5.98. The van der Waals surface area contributed by atoms with Crippen molar-refractivity contribution >= 4 is 0 Å². The second kappa shape index (κ2) is 6.81. The first-order valence-electron chi connectivity index (χ1n) is 10.4. The number of nitrogens with zero attached hydrogens (tertiary/aromatic N) is 1. The van der Waals surface area contributed by atoms with Crippen LogP contribution in [0.3, 0.4) is 0 Å². The minimum Gasteiger partial charge on any atom is -0.300 e. The number of halogens is 1. The van der Waals surface area contributed by atoms with Gasteiger partial charge in [-0.15, -0.1) is 0 Å². The van der Waals surface area contributed by atoms with E-state index in [9.17, 15) is 4.39 Å². The molecule has 2 aliphatic carbocycles. The first-order chi connectivity index (χ1) is 12.8. The maximum atomic E-state index is 14.4. The molecule has 0 radical (unpaired) electrons. The lowest BCUT2D eigenvalue weighted by Gasteiger charge is -2.40. The molecule has 26 heavy (non-hydrogen) atoms. The zero-order valence-electron chi connectivity index (χ0n) is 15.4. The molecule has 3 fully saturated rings. The monoisotopic (exact) mass is 349 g/mol. The summed E-state index contributed by atoms with van der Waals surface area (Å²) >= 11 is 0. The van der Waals surface area contributed by atoms with E-state index in [4.69, 9.17) is 0 Å². The Morgan fingerprint density at radius 1 is 0.769 bits per heavy atom. The minimum atomic E-state index is -0.112. The third kappa shape index (κ3) is 2.89. The van der Waals surface area contributed by atoms with Crippen LogP contribution in [0.4, 0.5) is 4.39 Å². The predicted molar refractivity (Wildman–Crippen MR) is 105 cm³/mol. The van der Waals surface area contributed by atoms with Gasteiger partial charge in [-0.3, -0.25) is 0 Å². The van der Waals surface area contributed by atoms with Gasteiger partial charge in [-0.2, -0.15) is 0 Å². The summed E-state index contributed by atoms with van der Waals surface area (Å²) < 4.78 is 14.4. The lowest BCUT2D eigenvalue weighted by Crippen LogP contribution is -2.43. The normalized spacial score (nSPS) is 29.3. The van der Waals surface area contributed by atoms with Gasteiger partial charge in [0.2, 0.25) is 0 Å². The summed E-state index contributed by atoms with van der Waals surface area (Å²) in [6, 6.07) is 16.5. The van der Waals surface area contributed by atoms with E-state index in [1.54, 1.807) is 12.1 Å². The number of likely N-dealkylation sites (tertiary alicyclic amines) is 1. The molecule has 1 heterocycles. The third-order valence-corrected chi connectivity index (χ3v) is 7.26. The molecule has 2 aromatic rings. The Morgan fingerprint density at radius 3 is 2.19 bits per heavy atom. The second-order valence-corrected chi connectivity index (χ2v) is 8.62. The maximum absolute atomic E-state index is 14.4. The number of fused-ring (bicyclic) bond motifs is 2. The van der Waals surface area contributed by atoms with Crippen molar-refractivity contribution in [3.05, 3.63) is 59.9 Å². The SMILES string of the molecule is Fc1ccccc1-c1ccccc1C1CCN([C@@H]2C[C@H]3CC[C@@H]2C3)CC1. The van der Waals surface area contributed by atoms with E-state index in [0.717, 1.165) is 29.0 Å². The smallest absolute Gasteiger partial charge is 0.131 e. The Balaban J connectivity index is 1.34. The highest BCUT2D eigenvalue weighted by molar-refractivity contribution is 5.68. The Labute approximate surface area is 156 Å². The molecule has 1 nitrogen and oxygen atoms in total. The molecule has 0 unspecified atom stereocenters. The Morgan fingerprint density at radius 2 is 1.50 bits per heavy atom.